The lowest BCUT2D eigenvalue weighted by atomic mass is 10.0. The van der Waals surface area contributed by atoms with Crippen LogP contribution in [0.3, 0.4) is 0 Å². The van der Waals surface area contributed by atoms with Crippen LogP contribution in [0.2, 0.25) is 0 Å². The van der Waals surface area contributed by atoms with Crippen LogP contribution in [0.4, 0.5) is 0 Å². The lowest BCUT2D eigenvalue weighted by molar-refractivity contribution is 0.117. The van der Waals surface area contributed by atoms with Crippen molar-refractivity contribution in [3.8, 4) is 0 Å². The normalized spacial score (nSPS) is 19.6. The molecular formula is C14H30N2O. The van der Waals surface area contributed by atoms with E-state index in [9.17, 15) is 5.11 Å². The fourth-order valence-electron chi connectivity index (χ4n) is 2.30. The number of aliphatic hydroxyl groups is 1. The van der Waals surface area contributed by atoms with Gasteiger partial charge in [-0.15, -0.1) is 0 Å². The van der Waals surface area contributed by atoms with Crippen LogP contribution in [0.15, 0.2) is 0 Å². The van der Waals surface area contributed by atoms with Crippen LogP contribution in [0, 0.1) is 5.92 Å². The predicted molar refractivity (Wildman–Crippen MR) is 73.2 cm³/mol. The van der Waals surface area contributed by atoms with Crippen LogP contribution in [0.1, 0.15) is 46.5 Å². The van der Waals surface area contributed by atoms with E-state index in [0.717, 1.165) is 32.0 Å². The van der Waals surface area contributed by atoms with Gasteiger partial charge < -0.3 is 15.3 Å². The summed E-state index contributed by atoms with van der Waals surface area (Å²) in [4.78, 5) is 2.52. The molecule has 0 aromatic carbocycles. The van der Waals surface area contributed by atoms with Gasteiger partial charge in [-0.3, -0.25) is 0 Å². The van der Waals surface area contributed by atoms with Gasteiger partial charge in [0.25, 0.3) is 0 Å². The topological polar surface area (TPSA) is 35.5 Å². The molecule has 0 bridgehead atoms. The monoisotopic (exact) mass is 242 g/mol. The summed E-state index contributed by atoms with van der Waals surface area (Å²) in [5, 5.41) is 13.1. The Bertz CT molecular complexity index is 206. The Kier molecular flexibility index (Phi) is 6.45. The fraction of sp³-hybridized carbons (Fsp3) is 1.00. The molecule has 1 rings (SSSR count). The maximum atomic E-state index is 9.59. The van der Waals surface area contributed by atoms with Crippen LogP contribution < -0.4 is 5.32 Å². The van der Waals surface area contributed by atoms with Crippen molar-refractivity contribution in [1.82, 2.24) is 10.2 Å². The number of nitrogens with zero attached hydrogens (tertiary/aromatic N) is 1. The second-order valence-electron chi connectivity index (χ2n) is 5.82. The first kappa shape index (κ1) is 14.9. The third kappa shape index (κ3) is 5.84. The van der Waals surface area contributed by atoms with Crippen LogP contribution in [0.25, 0.3) is 0 Å². The summed E-state index contributed by atoms with van der Waals surface area (Å²) in [6, 6.07) is 0. The molecule has 1 aliphatic carbocycles. The van der Waals surface area contributed by atoms with Gasteiger partial charge in [0.15, 0.2) is 0 Å². The summed E-state index contributed by atoms with van der Waals surface area (Å²) in [5.41, 5.74) is -0.139. The average molecular weight is 242 g/mol. The number of rotatable bonds is 10. The highest BCUT2D eigenvalue weighted by Gasteiger charge is 2.29. The molecule has 1 unspecified atom stereocenters. The van der Waals surface area contributed by atoms with Crippen molar-refractivity contribution in [2.24, 2.45) is 5.92 Å². The van der Waals surface area contributed by atoms with Crippen molar-refractivity contribution >= 4 is 0 Å². The highest BCUT2D eigenvalue weighted by Crippen LogP contribution is 2.30. The van der Waals surface area contributed by atoms with Crippen LogP contribution in [0.5, 0.6) is 0 Å². The standard InChI is InChI=1S/C14H30N2O/c1-4-8-15-14(3,12-17)11-16(9-5-2)10-13-6-7-13/h13,15,17H,4-12H2,1-3H3. The molecular weight excluding hydrogens is 212 g/mol. The zero-order chi connectivity index (χ0) is 12.7. The van der Waals surface area contributed by atoms with E-state index in [2.05, 4.69) is 31.0 Å². The number of hydrogen-bond donors (Lipinski definition) is 2. The van der Waals surface area contributed by atoms with E-state index in [0.29, 0.717) is 0 Å². The second-order valence-corrected chi connectivity index (χ2v) is 5.82. The first-order chi connectivity index (χ1) is 8.13. The summed E-state index contributed by atoms with van der Waals surface area (Å²) in [6.07, 6.45) is 5.12. The van der Waals surface area contributed by atoms with Gasteiger partial charge in [0.1, 0.15) is 0 Å². The van der Waals surface area contributed by atoms with E-state index in [-0.39, 0.29) is 12.1 Å². The van der Waals surface area contributed by atoms with E-state index in [1.807, 2.05) is 0 Å². The number of aliphatic hydroxyl groups excluding tert-OH is 1. The number of nitrogens with one attached hydrogen (secondary N) is 1. The molecule has 0 aromatic heterocycles. The molecule has 0 saturated heterocycles. The van der Waals surface area contributed by atoms with Gasteiger partial charge in [-0.25, -0.2) is 0 Å². The molecule has 1 aliphatic rings. The minimum atomic E-state index is -0.139. The Hall–Kier alpha value is -0.120. The summed E-state index contributed by atoms with van der Waals surface area (Å²) in [5.74, 6) is 0.927. The SMILES string of the molecule is CCCNC(C)(CO)CN(CCC)CC1CC1. The Morgan fingerprint density at radius 1 is 1.29 bits per heavy atom. The molecule has 0 spiro atoms. The average Bonchev–Trinajstić information content (AvgIpc) is 3.11. The van der Waals surface area contributed by atoms with Gasteiger partial charge >= 0.3 is 0 Å². The zero-order valence-corrected chi connectivity index (χ0v) is 11.8. The molecule has 102 valence electrons. The van der Waals surface area contributed by atoms with Crippen LogP contribution in [-0.4, -0.2) is 48.3 Å². The van der Waals surface area contributed by atoms with Crippen molar-refractivity contribution in [2.45, 2.75) is 52.0 Å². The summed E-state index contributed by atoms with van der Waals surface area (Å²) in [7, 11) is 0. The third-order valence-corrected chi connectivity index (χ3v) is 3.48. The Labute approximate surface area is 107 Å². The quantitative estimate of drug-likeness (QED) is 0.614. The molecule has 1 atom stereocenters. The smallest absolute Gasteiger partial charge is 0.0623 e. The van der Waals surface area contributed by atoms with Crippen molar-refractivity contribution in [3.63, 3.8) is 0 Å². The minimum Gasteiger partial charge on any atom is -0.394 e. The fourth-order valence-corrected chi connectivity index (χ4v) is 2.30. The zero-order valence-electron chi connectivity index (χ0n) is 11.8. The van der Waals surface area contributed by atoms with E-state index in [1.165, 1.54) is 25.8 Å². The van der Waals surface area contributed by atoms with Crippen molar-refractivity contribution in [2.75, 3.05) is 32.8 Å². The Balaban J connectivity index is 2.41. The van der Waals surface area contributed by atoms with Crippen molar-refractivity contribution in [3.05, 3.63) is 0 Å². The van der Waals surface area contributed by atoms with Crippen molar-refractivity contribution in [1.29, 1.82) is 0 Å². The van der Waals surface area contributed by atoms with Crippen molar-refractivity contribution < 1.29 is 5.11 Å². The molecule has 3 heteroatoms. The molecule has 0 aliphatic heterocycles. The van der Waals surface area contributed by atoms with Gasteiger partial charge in [-0.05, 0) is 51.6 Å². The predicted octanol–water partition coefficient (Wildman–Crippen LogP) is 1.86. The van der Waals surface area contributed by atoms with Crippen LogP contribution >= 0.6 is 0 Å². The first-order valence-corrected chi connectivity index (χ1v) is 7.21. The van der Waals surface area contributed by atoms with Gasteiger partial charge in [0, 0.05) is 13.1 Å². The van der Waals surface area contributed by atoms with Crippen LogP contribution in [-0.2, 0) is 0 Å². The molecule has 0 amide bonds. The summed E-state index contributed by atoms with van der Waals surface area (Å²) >= 11 is 0. The molecule has 1 saturated carbocycles. The summed E-state index contributed by atoms with van der Waals surface area (Å²) in [6.45, 7) is 11.1. The first-order valence-electron chi connectivity index (χ1n) is 7.21. The molecule has 17 heavy (non-hydrogen) atoms. The maximum absolute atomic E-state index is 9.59. The third-order valence-electron chi connectivity index (χ3n) is 3.48. The number of hydrogen-bond acceptors (Lipinski definition) is 3. The van der Waals surface area contributed by atoms with E-state index in [1.54, 1.807) is 0 Å². The minimum absolute atomic E-state index is 0.139. The van der Waals surface area contributed by atoms with E-state index < -0.39 is 0 Å². The lowest BCUT2D eigenvalue weighted by Gasteiger charge is -2.35. The maximum Gasteiger partial charge on any atom is 0.0623 e. The molecule has 0 radical (unpaired) electrons. The van der Waals surface area contributed by atoms with Gasteiger partial charge in [-0.2, -0.15) is 0 Å². The Morgan fingerprint density at radius 3 is 2.47 bits per heavy atom. The van der Waals surface area contributed by atoms with Gasteiger partial charge in [0.2, 0.25) is 0 Å². The molecule has 2 N–H and O–H groups in total. The van der Waals surface area contributed by atoms with Gasteiger partial charge in [-0.1, -0.05) is 13.8 Å². The molecule has 3 nitrogen and oxygen atoms in total. The van der Waals surface area contributed by atoms with Gasteiger partial charge in [0.05, 0.1) is 12.1 Å². The summed E-state index contributed by atoms with van der Waals surface area (Å²) < 4.78 is 0. The Morgan fingerprint density at radius 2 is 2.00 bits per heavy atom. The molecule has 0 aromatic rings. The highest BCUT2D eigenvalue weighted by molar-refractivity contribution is 4.88. The molecule has 0 heterocycles. The lowest BCUT2D eigenvalue weighted by Crippen LogP contribution is -2.54. The highest BCUT2D eigenvalue weighted by atomic mass is 16.3. The second kappa shape index (κ2) is 7.34. The molecule has 1 fully saturated rings. The van der Waals surface area contributed by atoms with E-state index >= 15 is 0 Å². The largest absolute Gasteiger partial charge is 0.394 e. The van der Waals surface area contributed by atoms with E-state index in [4.69, 9.17) is 0 Å².